The summed E-state index contributed by atoms with van der Waals surface area (Å²) in [6.07, 6.45) is 2.33. The van der Waals surface area contributed by atoms with E-state index >= 15 is 0 Å². The van der Waals surface area contributed by atoms with E-state index in [1.807, 2.05) is 24.3 Å². The van der Waals surface area contributed by atoms with E-state index in [1.54, 1.807) is 7.11 Å². The second-order valence-corrected chi connectivity index (χ2v) is 7.03. The number of rotatable bonds is 5. The molecule has 1 atom stereocenters. The number of nitrogens with zero attached hydrogens (tertiary/aromatic N) is 2. The van der Waals surface area contributed by atoms with Crippen molar-refractivity contribution in [1.29, 1.82) is 0 Å². The number of aromatic nitrogens is 3. The SMILES string of the molecule is COc1ccc(-c2nc(-c3cccc(CC4CCNC4)c3)n[nH]2)cc1Cl. The molecule has 6 heteroatoms. The van der Waals surface area contributed by atoms with Crippen molar-refractivity contribution >= 4 is 11.6 Å². The van der Waals surface area contributed by atoms with Gasteiger partial charge in [-0.2, -0.15) is 5.10 Å². The van der Waals surface area contributed by atoms with Crippen molar-refractivity contribution in [2.24, 2.45) is 5.92 Å². The van der Waals surface area contributed by atoms with Crippen LogP contribution in [0.25, 0.3) is 22.8 Å². The minimum absolute atomic E-state index is 0.551. The van der Waals surface area contributed by atoms with Crippen molar-refractivity contribution in [2.75, 3.05) is 20.2 Å². The van der Waals surface area contributed by atoms with Gasteiger partial charge in [0.25, 0.3) is 0 Å². The van der Waals surface area contributed by atoms with Crippen LogP contribution in [0.2, 0.25) is 5.02 Å². The molecule has 4 rings (SSSR count). The van der Waals surface area contributed by atoms with Gasteiger partial charge in [-0.15, -0.1) is 0 Å². The van der Waals surface area contributed by atoms with Crippen LogP contribution in [-0.4, -0.2) is 35.4 Å². The van der Waals surface area contributed by atoms with Gasteiger partial charge in [0.05, 0.1) is 12.1 Å². The van der Waals surface area contributed by atoms with Gasteiger partial charge in [0.2, 0.25) is 0 Å². The van der Waals surface area contributed by atoms with Gasteiger partial charge in [0.15, 0.2) is 11.6 Å². The van der Waals surface area contributed by atoms with Gasteiger partial charge in [0.1, 0.15) is 5.75 Å². The van der Waals surface area contributed by atoms with Gasteiger partial charge >= 0.3 is 0 Å². The van der Waals surface area contributed by atoms with Gasteiger partial charge in [-0.3, -0.25) is 5.10 Å². The standard InChI is InChI=1S/C20H21ClN4O/c1-26-18-6-5-16(11-17(18)21)20-23-19(24-25-20)15-4-2-3-13(10-15)9-14-7-8-22-12-14/h2-6,10-11,14,22H,7-9,12H2,1H3,(H,23,24,25). The topological polar surface area (TPSA) is 62.8 Å². The lowest BCUT2D eigenvalue weighted by atomic mass is 9.97. The minimum atomic E-state index is 0.551. The highest BCUT2D eigenvalue weighted by Gasteiger charge is 2.16. The molecule has 0 amide bonds. The third-order valence-corrected chi connectivity index (χ3v) is 5.08. The molecule has 2 N–H and O–H groups in total. The molecule has 3 aromatic rings. The van der Waals surface area contributed by atoms with E-state index in [0.717, 1.165) is 36.6 Å². The molecule has 1 unspecified atom stereocenters. The zero-order valence-electron chi connectivity index (χ0n) is 14.6. The second kappa shape index (κ2) is 7.48. The van der Waals surface area contributed by atoms with Crippen LogP contribution >= 0.6 is 11.6 Å². The van der Waals surface area contributed by atoms with E-state index in [2.05, 4.69) is 38.7 Å². The Morgan fingerprint density at radius 1 is 1.19 bits per heavy atom. The summed E-state index contributed by atoms with van der Waals surface area (Å²) < 4.78 is 5.20. The molecule has 2 aromatic carbocycles. The van der Waals surface area contributed by atoms with Crippen LogP contribution in [0, 0.1) is 5.92 Å². The molecule has 0 aliphatic carbocycles. The number of aromatic amines is 1. The maximum absolute atomic E-state index is 6.21. The maximum atomic E-state index is 6.21. The number of methoxy groups -OCH3 is 1. The van der Waals surface area contributed by atoms with Crippen LogP contribution in [0.5, 0.6) is 5.75 Å². The van der Waals surface area contributed by atoms with Crippen molar-refractivity contribution in [3.05, 3.63) is 53.1 Å². The summed E-state index contributed by atoms with van der Waals surface area (Å²) in [6.45, 7) is 2.23. The summed E-state index contributed by atoms with van der Waals surface area (Å²) in [5.41, 5.74) is 3.23. The smallest absolute Gasteiger partial charge is 0.181 e. The van der Waals surface area contributed by atoms with E-state index in [4.69, 9.17) is 16.3 Å². The molecule has 26 heavy (non-hydrogen) atoms. The Kier molecular flexibility index (Phi) is 4.91. The first kappa shape index (κ1) is 17.1. The zero-order chi connectivity index (χ0) is 17.9. The zero-order valence-corrected chi connectivity index (χ0v) is 15.4. The normalized spacial score (nSPS) is 16.8. The highest BCUT2D eigenvalue weighted by Crippen LogP contribution is 2.29. The summed E-state index contributed by atoms with van der Waals surface area (Å²) in [4.78, 5) is 4.64. The molecule has 0 bridgehead atoms. The minimum Gasteiger partial charge on any atom is -0.495 e. The van der Waals surface area contributed by atoms with Crippen molar-refractivity contribution in [1.82, 2.24) is 20.5 Å². The van der Waals surface area contributed by atoms with Crippen LogP contribution in [0.4, 0.5) is 0 Å². The van der Waals surface area contributed by atoms with Gasteiger partial charge in [0, 0.05) is 11.1 Å². The number of benzene rings is 2. The fraction of sp³-hybridized carbons (Fsp3) is 0.300. The highest BCUT2D eigenvalue weighted by molar-refractivity contribution is 6.32. The number of nitrogens with one attached hydrogen (secondary N) is 2. The molecule has 0 spiro atoms. The van der Waals surface area contributed by atoms with Crippen LogP contribution in [-0.2, 0) is 6.42 Å². The molecule has 1 aliphatic heterocycles. The molecule has 1 aliphatic rings. The van der Waals surface area contributed by atoms with Crippen LogP contribution < -0.4 is 10.1 Å². The van der Waals surface area contributed by atoms with Gasteiger partial charge < -0.3 is 10.1 Å². The Morgan fingerprint density at radius 3 is 2.88 bits per heavy atom. The van der Waals surface area contributed by atoms with Crippen LogP contribution in [0.3, 0.4) is 0 Å². The first-order chi connectivity index (χ1) is 12.7. The van der Waals surface area contributed by atoms with E-state index in [0.29, 0.717) is 22.4 Å². The predicted octanol–water partition coefficient (Wildman–Crippen LogP) is 3.95. The molecule has 0 radical (unpaired) electrons. The second-order valence-electron chi connectivity index (χ2n) is 6.62. The first-order valence-corrected chi connectivity index (χ1v) is 9.17. The Hall–Kier alpha value is -2.37. The van der Waals surface area contributed by atoms with E-state index in [1.165, 1.54) is 12.0 Å². The van der Waals surface area contributed by atoms with Crippen molar-refractivity contribution < 1.29 is 4.74 Å². The third kappa shape index (κ3) is 3.59. The maximum Gasteiger partial charge on any atom is 0.181 e. The molecule has 1 fully saturated rings. The van der Waals surface area contributed by atoms with E-state index in [-0.39, 0.29) is 0 Å². The lowest BCUT2D eigenvalue weighted by Crippen LogP contribution is -2.10. The van der Waals surface area contributed by atoms with Gasteiger partial charge in [-0.1, -0.05) is 29.8 Å². The molecule has 1 aromatic heterocycles. The van der Waals surface area contributed by atoms with E-state index < -0.39 is 0 Å². The quantitative estimate of drug-likeness (QED) is 0.715. The number of ether oxygens (including phenoxy) is 1. The Morgan fingerprint density at radius 2 is 2.12 bits per heavy atom. The molecular weight excluding hydrogens is 348 g/mol. The molecule has 1 saturated heterocycles. The number of hydrogen-bond donors (Lipinski definition) is 2. The van der Waals surface area contributed by atoms with Crippen molar-refractivity contribution in [3.8, 4) is 28.5 Å². The number of H-pyrrole nitrogens is 1. The molecule has 5 nitrogen and oxygen atoms in total. The van der Waals surface area contributed by atoms with Gasteiger partial charge in [-0.05, 0) is 61.7 Å². The summed E-state index contributed by atoms with van der Waals surface area (Å²) >= 11 is 6.21. The summed E-state index contributed by atoms with van der Waals surface area (Å²) in [7, 11) is 1.60. The van der Waals surface area contributed by atoms with Crippen molar-refractivity contribution in [3.63, 3.8) is 0 Å². The average molecular weight is 369 g/mol. The lowest BCUT2D eigenvalue weighted by molar-refractivity contribution is 0.415. The van der Waals surface area contributed by atoms with E-state index in [9.17, 15) is 0 Å². The third-order valence-electron chi connectivity index (χ3n) is 4.78. The lowest BCUT2D eigenvalue weighted by Gasteiger charge is -2.08. The monoisotopic (exact) mass is 368 g/mol. The Balaban J connectivity index is 1.56. The molecule has 0 saturated carbocycles. The molecule has 134 valence electrons. The fourth-order valence-corrected chi connectivity index (χ4v) is 3.65. The summed E-state index contributed by atoms with van der Waals surface area (Å²) in [5.74, 6) is 2.74. The predicted molar refractivity (Wildman–Crippen MR) is 103 cm³/mol. The summed E-state index contributed by atoms with van der Waals surface area (Å²) in [6, 6.07) is 14.1. The fourth-order valence-electron chi connectivity index (χ4n) is 3.39. The largest absolute Gasteiger partial charge is 0.495 e. The summed E-state index contributed by atoms with van der Waals surface area (Å²) in [5, 5.41) is 11.4. The first-order valence-electron chi connectivity index (χ1n) is 8.79. The van der Waals surface area contributed by atoms with Crippen molar-refractivity contribution in [2.45, 2.75) is 12.8 Å². The molecular formula is C20H21ClN4O. The number of hydrogen-bond acceptors (Lipinski definition) is 4. The Labute approximate surface area is 157 Å². The van der Waals surface area contributed by atoms with Crippen LogP contribution in [0.15, 0.2) is 42.5 Å². The number of halogens is 1. The highest BCUT2D eigenvalue weighted by atomic mass is 35.5. The Bertz CT molecular complexity index is 902. The molecule has 2 heterocycles. The van der Waals surface area contributed by atoms with Gasteiger partial charge in [-0.25, -0.2) is 4.98 Å². The van der Waals surface area contributed by atoms with Crippen LogP contribution in [0.1, 0.15) is 12.0 Å². The average Bonchev–Trinajstić information content (AvgIpc) is 3.34.